The van der Waals surface area contributed by atoms with E-state index in [0.717, 1.165) is 10.5 Å². The van der Waals surface area contributed by atoms with Crippen LogP contribution in [-0.2, 0) is 4.79 Å². The summed E-state index contributed by atoms with van der Waals surface area (Å²) in [6.45, 7) is 4.21. The molecule has 1 fully saturated rings. The predicted molar refractivity (Wildman–Crippen MR) is 74.0 cm³/mol. The SMILES string of the molecule is C[NH+]1C/C(=N\O)C(=O)C(C)(C)[C@@H]1c1ccc(Cl)cc1. The quantitative estimate of drug-likeness (QED) is 0.603. The fraction of sp³-hybridized carbons (Fsp3) is 0.429. The van der Waals surface area contributed by atoms with Gasteiger partial charge in [-0.2, -0.15) is 0 Å². The van der Waals surface area contributed by atoms with Crippen LogP contribution in [0, 0.1) is 5.41 Å². The van der Waals surface area contributed by atoms with Crippen molar-refractivity contribution in [2.24, 2.45) is 10.6 Å². The number of hydrogen-bond acceptors (Lipinski definition) is 3. The monoisotopic (exact) mass is 281 g/mol. The Balaban J connectivity index is 2.44. The van der Waals surface area contributed by atoms with Gasteiger partial charge < -0.3 is 10.1 Å². The zero-order valence-electron chi connectivity index (χ0n) is 11.3. The standard InChI is InChI=1S/C14H17ClN2O2/c1-14(2)12(9-4-6-10(15)7-5-9)17(3)8-11(16-19)13(14)18/h4-7,12,19H,8H2,1-3H3/p+1/b16-11+/t12-/m0/s1. The summed E-state index contributed by atoms with van der Waals surface area (Å²) in [4.78, 5) is 13.5. The van der Waals surface area contributed by atoms with Crippen molar-refractivity contribution in [3.05, 3.63) is 34.9 Å². The number of likely N-dealkylation sites (tertiary alicyclic amines) is 1. The summed E-state index contributed by atoms with van der Waals surface area (Å²) >= 11 is 5.91. The largest absolute Gasteiger partial charge is 0.410 e. The maximum atomic E-state index is 12.3. The number of rotatable bonds is 1. The molecule has 0 saturated carbocycles. The third kappa shape index (κ3) is 2.38. The van der Waals surface area contributed by atoms with E-state index < -0.39 is 5.41 Å². The van der Waals surface area contributed by atoms with Crippen LogP contribution in [-0.4, -0.2) is 30.3 Å². The van der Waals surface area contributed by atoms with E-state index in [1.165, 1.54) is 0 Å². The Morgan fingerprint density at radius 3 is 2.47 bits per heavy atom. The molecule has 102 valence electrons. The first-order valence-corrected chi connectivity index (χ1v) is 6.59. The van der Waals surface area contributed by atoms with Gasteiger partial charge in [-0.25, -0.2) is 0 Å². The predicted octanol–water partition coefficient (Wildman–Crippen LogP) is 1.33. The summed E-state index contributed by atoms with van der Waals surface area (Å²) in [6, 6.07) is 7.59. The number of oxime groups is 1. The first kappa shape index (κ1) is 14.0. The lowest BCUT2D eigenvalue weighted by atomic mass is 9.72. The molecule has 2 N–H and O–H groups in total. The van der Waals surface area contributed by atoms with Gasteiger partial charge in [0.2, 0.25) is 0 Å². The van der Waals surface area contributed by atoms with Gasteiger partial charge in [-0.1, -0.05) is 28.9 Å². The van der Waals surface area contributed by atoms with E-state index in [1.807, 2.05) is 45.2 Å². The van der Waals surface area contributed by atoms with E-state index in [2.05, 4.69) is 5.16 Å². The molecule has 19 heavy (non-hydrogen) atoms. The maximum absolute atomic E-state index is 12.3. The van der Waals surface area contributed by atoms with Crippen molar-refractivity contribution in [2.75, 3.05) is 13.6 Å². The van der Waals surface area contributed by atoms with Crippen molar-refractivity contribution < 1.29 is 14.9 Å². The summed E-state index contributed by atoms with van der Waals surface area (Å²) in [5.74, 6) is -0.0967. The van der Waals surface area contributed by atoms with Crippen molar-refractivity contribution in [1.82, 2.24) is 0 Å². The first-order valence-electron chi connectivity index (χ1n) is 6.21. The molecule has 5 heteroatoms. The van der Waals surface area contributed by atoms with E-state index in [4.69, 9.17) is 16.8 Å². The summed E-state index contributed by atoms with van der Waals surface area (Å²) < 4.78 is 0. The highest BCUT2D eigenvalue weighted by Crippen LogP contribution is 2.34. The molecule has 0 aromatic heterocycles. The molecule has 0 bridgehead atoms. The lowest BCUT2D eigenvalue weighted by Crippen LogP contribution is -3.13. The number of quaternary nitrogens is 1. The van der Waals surface area contributed by atoms with E-state index in [0.29, 0.717) is 11.6 Å². The minimum atomic E-state index is -0.613. The molecule has 0 amide bonds. The Bertz CT molecular complexity index is 523. The first-order chi connectivity index (χ1) is 8.87. The van der Waals surface area contributed by atoms with Crippen molar-refractivity contribution in [1.29, 1.82) is 0 Å². The van der Waals surface area contributed by atoms with Crippen LogP contribution in [0.25, 0.3) is 0 Å². The minimum Gasteiger partial charge on any atom is -0.410 e. The average molecular weight is 282 g/mol. The molecule has 4 nitrogen and oxygen atoms in total. The summed E-state index contributed by atoms with van der Waals surface area (Å²) in [5.41, 5.74) is 0.697. The van der Waals surface area contributed by atoms with Crippen molar-refractivity contribution in [3.63, 3.8) is 0 Å². The lowest BCUT2D eigenvalue weighted by molar-refractivity contribution is -0.911. The number of hydrogen-bond donors (Lipinski definition) is 2. The summed E-state index contributed by atoms with van der Waals surface area (Å²) in [6.07, 6.45) is 0. The molecule has 0 radical (unpaired) electrons. The number of nitrogens with one attached hydrogen (secondary N) is 1. The third-order valence-corrected chi connectivity index (χ3v) is 4.08. The van der Waals surface area contributed by atoms with Crippen LogP contribution >= 0.6 is 11.6 Å². The Kier molecular flexibility index (Phi) is 3.65. The Morgan fingerprint density at radius 1 is 1.37 bits per heavy atom. The van der Waals surface area contributed by atoms with E-state index in [1.54, 1.807) is 0 Å². The third-order valence-electron chi connectivity index (χ3n) is 3.83. The van der Waals surface area contributed by atoms with E-state index in [9.17, 15) is 4.79 Å². The van der Waals surface area contributed by atoms with E-state index >= 15 is 0 Å². The second-order valence-electron chi connectivity index (χ2n) is 5.61. The van der Waals surface area contributed by atoms with Crippen molar-refractivity contribution >= 4 is 23.1 Å². The molecule has 2 rings (SSSR count). The Labute approximate surface area is 117 Å². The maximum Gasteiger partial charge on any atom is 0.198 e. The fourth-order valence-corrected chi connectivity index (χ4v) is 3.13. The van der Waals surface area contributed by atoms with Crippen LogP contribution in [0.15, 0.2) is 29.4 Å². The van der Waals surface area contributed by atoms with Gasteiger partial charge in [-0.3, -0.25) is 4.79 Å². The van der Waals surface area contributed by atoms with Gasteiger partial charge in [0.15, 0.2) is 11.5 Å². The summed E-state index contributed by atoms with van der Waals surface area (Å²) in [7, 11) is 2.00. The summed E-state index contributed by atoms with van der Waals surface area (Å²) in [5, 5.41) is 12.8. The van der Waals surface area contributed by atoms with Crippen LogP contribution in [0.1, 0.15) is 25.5 Å². The molecule has 1 saturated heterocycles. The lowest BCUT2D eigenvalue weighted by Gasteiger charge is -2.40. The smallest absolute Gasteiger partial charge is 0.198 e. The number of piperidine rings is 1. The van der Waals surface area contributed by atoms with Crippen LogP contribution in [0.3, 0.4) is 0 Å². The topological polar surface area (TPSA) is 54.1 Å². The second-order valence-corrected chi connectivity index (χ2v) is 6.04. The van der Waals surface area contributed by atoms with Gasteiger partial charge in [0.1, 0.15) is 12.6 Å². The van der Waals surface area contributed by atoms with Crippen molar-refractivity contribution in [3.8, 4) is 0 Å². The Hall–Kier alpha value is -1.39. The number of ketones is 1. The number of halogens is 1. The highest BCUT2D eigenvalue weighted by Gasteiger charge is 2.50. The van der Waals surface area contributed by atoms with Gasteiger partial charge in [-0.05, 0) is 26.0 Å². The molecule has 1 aliphatic rings. The molecule has 1 aliphatic heterocycles. The number of benzene rings is 1. The second kappa shape index (κ2) is 4.94. The van der Waals surface area contributed by atoms with Crippen LogP contribution in [0.2, 0.25) is 5.02 Å². The normalized spacial score (nSPS) is 28.6. The molecule has 1 aromatic carbocycles. The zero-order chi connectivity index (χ0) is 14.2. The number of nitrogens with zero attached hydrogens (tertiary/aromatic N) is 1. The molecule has 1 heterocycles. The van der Waals surface area contributed by atoms with Crippen LogP contribution < -0.4 is 4.90 Å². The van der Waals surface area contributed by atoms with Gasteiger partial charge in [0, 0.05) is 10.6 Å². The van der Waals surface area contributed by atoms with Gasteiger partial charge in [0.25, 0.3) is 0 Å². The fourth-order valence-electron chi connectivity index (χ4n) is 3.00. The molecule has 0 spiro atoms. The molecule has 1 unspecified atom stereocenters. The molecular formula is C14H18ClN2O2+. The molecular weight excluding hydrogens is 264 g/mol. The highest BCUT2D eigenvalue weighted by molar-refractivity contribution is 6.42. The molecule has 1 aromatic rings. The van der Waals surface area contributed by atoms with Gasteiger partial charge in [-0.15, -0.1) is 0 Å². The average Bonchev–Trinajstić information content (AvgIpc) is 2.36. The zero-order valence-corrected chi connectivity index (χ0v) is 12.0. The number of carbonyl (C=O) groups is 1. The number of carbonyl (C=O) groups excluding carboxylic acids is 1. The number of Topliss-reactive ketones (excluding diaryl/α,β-unsaturated/α-hetero) is 1. The van der Waals surface area contributed by atoms with Crippen LogP contribution in [0.5, 0.6) is 0 Å². The molecule has 0 aliphatic carbocycles. The van der Waals surface area contributed by atoms with Gasteiger partial charge in [0.05, 0.1) is 12.5 Å². The van der Waals surface area contributed by atoms with Crippen molar-refractivity contribution in [2.45, 2.75) is 19.9 Å². The highest BCUT2D eigenvalue weighted by atomic mass is 35.5. The van der Waals surface area contributed by atoms with E-state index in [-0.39, 0.29) is 17.5 Å². The van der Waals surface area contributed by atoms with Gasteiger partial charge >= 0.3 is 0 Å². The Morgan fingerprint density at radius 2 is 1.95 bits per heavy atom. The van der Waals surface area contributed by atoms with Crippen LogP contribution in [0.4, 0.5) is 0 Å². The minimum absolute atomic E-state index is 0.0165. The molecule has 2 atom stereocenters.